The highest BCUT2D eigenvalue weighted by Crippen LogP contribution is 2.27. The van der Waals surface area contributed by atoms with Gasteiger partial charge in [0, 0.05) is 37.7 Å². The smallest absolute Gasteiger partial charge is 0.225 e. The maximum atomic E-state index is 13.1. The lowest BCUT2D eigenvalue weighted by atomic mass is 9.95. The standard InChI is InChI=1S/C23H35ClN2O3/c1-3-19(2)16-25-13-14-29-23(17-25,15-22(27)26-11-5-4-6-12-26)18-28-21-9-7-20(24)8-10-21/h7-10,19H,3-6,11-18H2,1-2H3/t19-,23+/m1/s1. The number of ether oxygens (including phenoxy) is 2. The molecule has 162 valence electrons. The second kappa shape index (κ2) is 10.6. The molecule has 2 aliphatic rings. The zero-order valence-corrected chi connectivity index (χ0v) is 18.6. The Morgan fingerprint density at radius 1 is 1.21 bits per heavy atom. The minimum Gasteiger partial charge on any atom is -0.491 e. The van der Waals surface area contributed by atoms with Crippen LogP contribution in [0.2, 0.25) is 5.02 Å². The van der Waals surface area contributed by atoms with Crippen molar-refractivity contribution < 1.29 is 14.3 Å². The number of carbonyl (C=O) groups is 1. The van der Waals surface area contributed by atoms with Crippen molar-refractivity contribution in [2.24, 2.45) is 5.92 Å². The van der Waals surface area contributed by atoms with Gasteiger partial charge in [-0.15, -0.1) is 0 Å². The third-order valence-corrected chi connectivity index (χ3v) is 6.34. The lowest BCUT2D eigenvalue weighted by molar-refractivity contribution is -0.157. The molecular weight excluding hydrogens is 388 g/mol. The van der Waals surface area contributed by atoms with Crippen LogP contribution in [0.25, 0.3) is 0 Å². The summed E-state index contributed by atoms with van der Waals surface area (Å²) in [7, 11) is 0. The largest absolute Gasteiger partial charge is 0.491 e. The Bertz CT molecular complexity index is 648. The second-order valence-corrected chi connectivity index (χ2v) is 9.08. The molecule has 0 radical (unpaired) electrons. The minimum atomic E-state index is -0.611. The van der Waals surface area contributed by atoms with Crippen LogP contribution in [0, 0.1) is 5.92 Å². The average molecular weight is 423 g/mol. The number of amides is 1. The molecule has 1 aromatic rings. The Morgan fingerprint density at radius 3 is 2.62 bits per heavy atom. The summed E-state index contributed by atoms with van der Waals surface area (Å²) in [6.07, 6.45) is 4.94. The molecule has 2 fully saturated rings. The van der Waals surface area contributed by atoms with Crippen molar-refractivity contribution in [1.82, 2.24) is 9.80 Å². The van der Waals surface area contributed by atoms with E-state index in [0.29, 0.717) is 30.6 Å². The number of nitrogens with zero attached hydrogens (tertiary/aromatic N) is 2. The fourth-order valence-electron chi connectivity index (χ4n) is 4.17. The van der Waals surface area contributed by atoms with Crippen molar-refractivity contribution in [2.45, 2.75) is 51.6 Å². The quantitative estimate of drug-likeness (QED) is 0.628. The van der Waals surface area contributed by atoms with Crippen LogP contribution >= 0.6 is 11.6 Å². The van der Waals surface area contributed by atoms with Gasteiger partial charge < -0.3 is 14.4 Å². The number of likely N-dealkylation sites (tertiary alicyclic amines) is 1. The normalized spacial score (nSPS) is 24.3. The lowest BCUT2D eigenvalue weighted by Gasteiger charge is -2.43. The third kappa shape index (κ3) is 6.59. The Hall–Kier alpha value is -1.30. The molecule has 1 amide bonds. The Labute approximate surface area is 180 Å². The molecular formula is C23H35ClN2O3. The predicted octanol–water partition coefficient (Wildman–Crippen LogP) is 4.24. The highest BCUT2D eigenvalue weighted by atomic mass is 35.5. The van der Waals surface area contributed by atoms with Crippen LogP contribution in [-0.4, -0.2) is 67.2 Å². The molecule has 0 spiro atoms. The van der Waals surface area contributed by atoms with Gasteiger partial charge in [-0.25, -0.2) is 0 Å². The molecule has 0 aromatic heterocycles. The van der Waals surface area contributed by atoms with Crippen LogP contribution in [0.5, 0.6) is 5.75 Å². The van der Waals surface area contributed by atoms with Gasteiger partial charge in [-0.3, -0.25) is 9.69 Å². The predicted molar refractivity (Wildman–Crippen MR) is 117 cm³/mol. The molecule has 0 aliphatic carbocycles. The fraction of sp³-hybridized carbons (Fsp3) is 0.696. The first-order valence-corrected chi connectivity index (χ1v) is 11.4. The summed E-state index contributed by atoms with van der Waals surface area (Å²) in [6, 6.07) is 7.36. The first-order chi connectivity index (χ1) is 14.0. The highest BCUT2D eigenvalue weighted by molar-refractivity contribution is 6.30. The van der Waals surface area contributed by atoms with Crippen molar-refractivity contribution in [1.29, 1.82) is 0 Å². The molecule has 29 heavy (non-hydrogen) atoms. The van der Waals surface area contributed by atoms with Crippen LogP contribution in [0.15, 0.2) is 24.3 Å². The Balaban J connectivity index is 1.70. The first kappa shape index (κ1) is 22.4. The number of hydrogen-bond acceptors (Lipinski definition) is 4. The molecule has 2 saturated heterocycles. The maximum Gasteiger partial charge on any atom is 0.225 e. The van der Waals surface area contributed by atoms with Crippen LogP contribution < -0.4 is 4.74 Å². The Morgan fingerprint density at radius 2 is 1.93 bits per heavy atom. The van der Waals surface area contributed by atoms with Crippen LogP contribution in [-0.2, 0) is 9.53 Å². The number of benzene rings is 1. The highest BCUT2D eigenvalue weighted by Gasteiger charge is 2.41. The summed E-state index contributed by atoms with van der Waals surface area (Å²) < 4.78 is 12.4. The van der Waals surface area contributed by atoms with Gasteiger partial charge >= 0.3 is 0 Å². The zero-order valence-electron chi connectivity index (χ0n) is 17.9. The van der Waals surface area contributed by atoms with Crippen molar-refractivity contribution in [2.75, 3.05) is 45.9 Å². The van der Waals surface area contributed by atoms with E-state index in [1.807, 2.05) is 29.2 Å². The van der Waals surface area contributed by atoms with E-state index >= 15 is 0 Å². The summed E-state index contributed by atoms with van der Waals surface area (Å²) in [5.41, 5.74) is -0.611. The van der Waals surface area contributed by atoms with Gasteiger partial charge in [0.2, 0.25) is 5.91 Å². The summed E-state index contributed by atoms with van der Waals surface area (Å²) in [6.45, 7) is 9.89. The molecule has 3 rings (SSSR count). The lowest BCUT2D eigenvalue weighted by Crippen LogP contribution is -2.57. The number of morpholine rings is 1. The summed E-state index contributed by atoms with van der Waals surface area (Å²) >= 11 is 5.99. The molecule has 5 nitrogen and oxygen atoms in total. The molecule has 0 N–H and O–H groups in total. The van der Waals surface area contributed by atoms with E-state index in [1.54, 1.807) is 0 Å². The first-order valence-electron chi connectivity index (χ1n) is 11.0. The summed E-state index contributed by atoms with van der Waals surface area (Å²) in [5.74, 6) is 1.57. The molecule has 2 atom stereocenters. The summed E-state index contributed by atoms with van der Waals surface area (Å²) in [4.78, 5) is 17.5. The molecule has 2 heterocycles. The van der Waals surface area contributed by atoms with Gasteiger partial charge in [-0.2, -0.15) is 0 Å². The van der Waals surface area contributed by atoms with Gasteiger partial charge in [-0.1, -0.05) is 31.9 Å². The van der Waals surface area contributed by atoms with Gasteiger partial charge in [0.15, 0.2) is 0 Å². The van der Waals surface area contributed by atoms with Crippen molar-refractivity contribution in [3.63, 3.8) is 0 Å². The minimum absolute atomic E-state index is 0.190. The zero-order chi connectivity index (χ0) is 20.7. The number of piperidine rings is 1. The molecule has 1 aromatic carbocycles. The van der Waals surface area contributed by atoms with Gasteiger partial charge in [0.25, 0.3) is 0 Å². The average Bonchev–Trinajstić information content (AvgIpc) is 2.74. The van der Waals surface area contributed by atoms with E-state index in [2.05, 4.69) is 18.7 Å². The molecule has 0 unspecified atom stereocenters. The van der Waals surface area contributed by atoms with E-state index < -0.39 is 5.60 Å². The van der Waals surface area contributed by atoms with Crippen LogP contribution in [0.4, 0.5) is 0 Å². The van der Waals surface area contributed by atoms with E-state index in [4.69, 9.17) is 21.1 Å². The van der Waals surface area contributed by atoms with Gasteiger partial charge in [0.05, 0.1) is 13.0 Å². The number of hydrogen-bond donors (Lipinski definition) is 0. The Kier molecular flexibility index (Phi) is 8.22. The van der Waals surface area contributed by atoms with E-state index in [-0.39, 0.29) is 5.91 Å². The van der Waals surface area contributed by atoms with Gasteiger partial charge in [-0.05, 0) is 49.4 Å². The van der Waals surface area contributed by atoms with Crippen molar-refractivity contribution in [3.8, 4) is 5.75 Å². The van der Waals surface area contributed by atoms with Gasteiger partial charge in [0.1, 0.15) is 18.0 Å². The number of carbonyl (C=O) groups excluding carboxylic acids is 1. The number of halogens is 1. The second-order valence-electron chi connectivity index (χ2n) is 8.64. The maximum absolute atomic E-state index is 13.1. The third-order valence-electron chi connectivity index (χ3n) is 6.09. The molecule has 6 heteroatoms. The molecule has 2 aliphatic heterocycles. The SMILES string of the molecule is CC[C@@H](C)CN1CCO[C@@](COc2ccc(Cl)cc2)(CC(=O)N2CCCCC2)C1. The monoisotopic (exact) mass is 422 g/mol. The van der Waals surface area contributed by atoms with Crippen molar-refractivity contribution >= 4 is 17.5 Å². The van der Waals surface area contributed by atoms with Crippen molar-refractivity contribution in [3.05, 3.63) is 29.3 Å². The fourth-order valence-corrected chi connectivity index (χ4v) is 4.30. The molecule has 0 saturated carbocycles. The number of rotatable bonds is 8. The molecule has 0 bridgehead atoms. The van der Waals surface area contributed by atoms with E-state index in [0.717, 1.165) is 57.7 Å². The summed E-state index contributed by atoms with van der Waals surface area (Å²) in [5, 5.41) is 0.681. The topological polar surface area (TPSA) is 42.0 Å². The van der Waals surface area contributed by atoms with Crippen LogP contribution in [0.3, 0.4) is 0 Å². The van der Waals surface area contributed by atoms with Crippen LogP contribution in [0.1, 0.15) is 46.0 Å². The van der Waals surface area contributed by atoms with E-state index in [1.165, 1.54) is 6.42 Å². The van der Waals surface area contributed by atoms with E-state index in [9.17, 15) is 4.79 Å².